The molecule has 1 unspecified atom stereocenters. The van der Waals surface area contributed by atoms with Crippen LogP contribution in [0.4, 0.5) is 5.69 Å². The van der Waals surface area contributed by atoms with Crippen LogP contribution in [0.2, 0.25) is 0 Å². The van der Waals surface area contributed by atoms with Gasteiger partial charge in [-0.15, -0.1) is 0 Å². The summed E-state index contributed by atoms with van der Waals surface area (Å²) in [5.74, 6) is 0. The zero-order valence-corrected chi connectivity index (χ0v) is 12.8. The Kier molecular flexibility index (Phi) is 4.46. The first-order valence-corrected chi connectivity index (χ1v) is 7.20. The predicted molar refractivity (Wildman–Crippen MR) is 88.1 cm³/mol. The van der Waals surface area contributed by atoms with E-state index in [-0.39, 0.29) is 5.54 Å². The lowest BCUT2D eigenvalue weighted by Gasteiger charge is -2.28. The van der Waals surface area contributed by atoms with Crippen molar-refractivity contribution in [2.24, 2.45) is 0 Å². The number of benzene rings is 2. The average Bonchev–Trinajstić information content (AvgIpc) is 2.54. The first-order valence-electron chi connectivity index (χ1n) is 7.20. The Morgan fingerprint density at radius 3 is 1.75 bits per heavy atom. The van der Waals surface area contributed by atoms with Gasteiger partial charge in [0.1, 0.15) is 0 Å². The number of hydrogen-bond donors (Lipinski definition) is 2. The zero-order valence-electron chi connectivity index (χ0n) is 12.8. The predicted octanol–water partition coefficient (Wildman–Crippen LogP) is 4.24. The van der Waals surface area contributed by atoms with Gasteiger partial charge < -0.3 is 10.6 Å². The van der Waals surface area contributed by atoms with Crippen molar-refractivity contribution in [1.82, 2.24) is 5.32 Å². The maximum atomic E-state index is 3.41. The van der Waals surface area contributed by atoms with Gasteiger partial charge >= 0.3 is 0 Å². The van der Waals surface area contributed by atoms with E-state index < -0.39 is 0 Å². The lowest BCUT2D eigenvalue weighted by atomic mass is 9.88. The second kappa shape index (κ2) is 6.10. The van der Waals surface area contributed by atoms with Crippen LogP contribution in [0.3, 0.4) is 0 Å². The molecule has 0 aliphatic rings. The van der Waals surface area contributed by atoms with Crippen molar-refractivity contribution in [3.8, 4) is 11.1 Å². The van der Waals surface area contributed by atoms with Crippen LogP contribution < -0.4 is 10.6 Å². The molecule has 0 amide bonds. The minimum absolute atomic E-state index is 0.0501. The van der Waals surface area contributed by atoms with Crippen LogP contribution in [-0.4, -0.2) is 14.1 Å². The second-order valence-corrected chi connectivity index (χ2v) is 5.34. The third-order valence-corrected chi connectivity index (χ3v) is 4.29. The Balaban J connectivity index is 2.27. The minimum Gasteiger partial charge on any atom is -0.388 e. The molecular formula is C18H24N2. The molecule has 2 heteroatoms. The molecule has 2 aromatic carbocycles. The van der Waals surface area contributed by atoms with Gasteiger partial charge in [0.2, 0.25) is 0 Å². The smallest absolute Gasteiger partial charge is 0.0400 e. The highest BCUT2D eigenvalue weighted by Gasteiger charge is 2.21. The maximum Gasteiger partial charge on any atom is 0.0400 e. The van der Waals surface area contributed by atoms with Gasteiger partial charge in [-0.3, -0.25) is 0 Å². The van der Waals surface area contributed by atoms with Gasteiger partial charge in [-0.2, -0.15) is 0 Å². The molecule has 0 radical (unpaired) electrons. The van der Waals surface area contributed by atoms with Crippen molar-refractivity contribution in [3.63, 3.8) is 0 Å². The van der Waals surface area contributed by atoms with Crippen molar-refractivity contribution in [2.45, 2.75) is 25.8 Å². The molecular weight excluding hydrogens is 244 g/mol. The fourth-order valence-corrected chi connectivity index (χ4v) is 2.39. The summed E-state index contributed by atoms with van der Waals surface area (Å²) in [6.07, 6.45) is 1.07. The first-order chi connectivity index (χ1) is 9.62. The molecule has 2 aromatic rings. The molecule has 0 aliphatic heterocycles. The largest absolute Gasteiger partial charge is 0.388 e. The van der Waals surface area contributed by atoms with Crippen molar-refractivity contribution >= 4 is 5.69 Å². The highest BCUT2D eigenvalue weighted by molar-refractivity contribution is 5.66. The van der Waals surface area contributed by atoms with Crippen LogP contribution in [0.1, 0.15) is 25.8 Å². The second-order valence-electron chi connectivity index (χ2n) is 5.34. The monoisotopic (exact) mass is 268 g/mol. The molecule has 1 atom stereocenters. The van der Waals surface area contributed by atoms with Crippen LogP contribution in [0.25, 0.3) is 11.1 Å². The minimum atomic E-state index is 0.0501. The van der Waals surface area contributed by atoms with Crippen molar-refractivity contribution in [1.29, 1.82) is 0 Å². The molecule has 106 valence electrons. The molecule has 0 aliphatic carbocycles. The molecule has 0 aromatic heterocycles. The lowest BCUT2D eigenvalue weighted by molar-refractivity contribution is 0.386. The summed E-state index contributed by atoms with van der Waals surface area (Å²) in [5, 5.41) is 6.55. The van der Waals surface area contributed by atoms with E-state index >= 15 is 0 Å². The van der Waals surface area contributed by atoms with Gasteiger partial charge in [-0.25, -0.2) is 0 Å². The highest BCUT2D eigenvalue weighted by Crippen LogP contribution is 2.27. The maximum absolute atomic E-state index is 3.41. The molecule has 2 N–H and O–H groups in total. The number of nitrogens with one attached hydrogen (secondary N) is 2. The Morgan fingerprint density at radius 2 is 1.35 bits per heavy atom. The SMILES string of the molecule is CCC(C)(NC)c1ccc(-c2ccc(NC)cc2)cc1. The molecule has 2 rings (SSSR count). The van der Waals surface area contributed by atoms with E-state index in [1.807, 2.05) is 14.1 Å². The average molecular weight is 268 g/mol. The third-order valence-electron chi connectivity index (χ3n) is 4.29. The van der Waals surface area contributed by atoms with E-state index in [4.69, 9.17) is 0 Å². The molecule has 0 heterocycles. The summed E-state index contributed by atoms with van der Waals surface area (Å²) < 4.78 is 0. The van der Waals surface area contributed by atoms with Crippen LogP contribution in [0.15, 0.2) is 48.5 Å². The summed E-state index contributed by atoms with van der Waals surface area (Å²) in [6, 6.07) is 17.4. The summed E-state index contributed by atoms with van der Waals surface area (Å²) in [4.78, 5) is 0. The highest BCUT2D eigenvalue weighted by atomic mass is 14.9. The molecule has 0 saturated heterocycles. The van der Waals surface area contributed by atoms with Crippen molar-refractivity contribution < 1.29 is 0 Å². The van der Waals surface area contributed by atoms with E-state index in [0.29, 0.717) is 0 Å². The molecule has 0 bridgehead atoms. The van der Waals surface area contributed by atoms with Gasteiger partial charge in [-0.1, -0.05) is 43.3 Å². The Labute approximate surface area is 122 Å². The molecule has 0 spiro atoms. The number of hydrogen-bond acceptors (Lipinski definition) is 2. The van der Waals surface area contributed by atoms with Gasteiger partial charge in [0, 0.05) is 18.3 Å². The summed E-state index contributed by atoms with van der Waals surface area (Å²) in [6.45, 7) is 4.45. The first kappa shape index (κ1) is 14.6. The lowest BCUT2D eigenvalue weighted by Crippen LogP contribution is -2.35. The zero-order chi connectivity index (χ0) is 14.6. The number of anilines is 1. The standard InChI is InChI=1S/C18H24N2/c1-5-18(2,20-4)16-10-6-14(7-11-16)15-8-12-17(19-3)13-9-15/h6-13,19-20H,5H2,1-4H3. The normalized spacial score (nSPS) is 13.8. The van der Waals surface area contributed by atoms with Crippen LogP contribution in [-0.2, 0) is 5.54 Å². The van der Waals surface area contributed by atoms with Crippen molar-refractivity contribution in [2.75, 3.05) is 19.4 Å². The van der Waals surface area contributed by atoms with Gasteiger partial charge in [0.25, 0.3) is 0 Å². The molecule has 2 nitrogen and oxygen atoms in total. The Morgan fingerprint density at radius 1 is 0.850 bits per heavy atom. The van der Waals surface area contributed by atoms with Crippen LogP contribution >= 0.6 is 0 Å². The summed E-state index contributed by atoms with van der Waals surface area (Å²) in [5.41, 5.74) is 5.02. The fraction of sp³-hybridized carbons (Fsp3) is 0.333. The summed E-state index contributed by atoms with van der Waals surface area (Å²) in [7, 11) is 3.96. The van der Waals surface area contributed by atoms with E-state index in [2.05, 4.69) is 73.0 Å². The number of rotatable bonds is 5. The third kappa shape index (κ3) is 2.86. The quantitative estimate of drug-likeness (QED) is 0.847. The Bertz CT molecular complexity index is 537. The summed E-state index contributed by atoms with van der Waals surface area (Å²) >= 11 is 0. The molecule has 20 heavy (non-hydrogen) atoms. The topological polar surface area (TPSA) is 24.1 Å². The van der Waals surface area contributed by atoms with E-state index in [1.165, 1.54) is 16.7 Å². The van der Waals surface area contributed by atoms with Gasteiger partial charge in [0.05, 0.1) is 0 Å². The molecule has 0 fully saturated rings. The van der Waals surface area contributed by atoms with Gasteiger partial charge in [-0.05, 0) is 49.2 Å². The molecule has 0 saturated carbocycles. The van der Waals surface area contributed by atoms with E-state index in [1.54, 1.807) is 0 Å². The van der Waals surface area contributed by atoms with Gasteiger partial charge in [0.15, 0.2) is 0 Å². The van der Waals surface area contributed by atoms with Crippen molar-refractivity contribution in [3.05, 3.63) is 54.1 Å². The van der Waals surface area contributed by atoms with E-state index in [9.17, 15) is 0 Å². The Hall–Kier alpha value is -1.80. The van der Waals surface area contributed by atoms with Crippen LogP contribution in [0, 0.1) is 0 Å². The van der Waals surface area contributed by atoms with E-state index in [0.717, 1.165) is 12.1 Å². The van der Waals surface area contributed by atoms with Crippen LogP contribution in [0.5, 0.6) is 0 Å². The fourth-order valence-electron chi connectivity index (χ4n) is 2.39.